The molecule has 5 aromatic rings. The molecule has 11 heteroatoms. The van der Waals surface area contributed by atoms with Crippen LogP contribution in [0.25, 0.3) is 32.1 Å². The summed E-state index contributed by atoms with van der Waals surface area (Å²) in [5.41, 5.74) is 2.54. The van der Waals surface area contributed by atoms with Crippen molar-refractivity contribution < 1.29 is 9.21 Å². The maximum atomic E-state index is 12.8. The van der Waals surface area contributed by atoms with Gasteiger partial charge >= 0.3 is 0 Å². The van der Waals surface area contributed by atoms with Crippen molar-refractivity contribution in [3.8, 4) is 21.9 Å². The Morgan fingerprint density at radius 1 is 0.917 bits per heavy atom. The Kier molecular flexibility index (Phi) is 7.21. The molecule has 0 atom stereocenters. The Morgan fingerprint density at radius 2 is 1.72 bits per heavy atom. The number of benzene rings is 3. The van der Waals surface area contributed by atoms with Gasteiger partial charge in [0.15, 0.2) is 10.9 Å². The van der Waals surface area contributed by atoms with Gasteiger partial charge in [0.05, 0.1) is 31.0 Å². The number of hydrogen-bond acceptors (Lipinski definition) is 5. The van der Waals surface area contributed by atoms with Crippen molar-refractivity contribution in [1.82, 2.24) is 10.3 Å². The summed E-state index contributed by atoms with van der Waals surface area (Å²) in [5.74, 6) is -0.118. The Hall–Kier alpha value is -2.65. The van der Waals surface area contributed by atoms with E-state index in [1.54, 1.807) is 36.4 Å². The van der Waals surface area contributed by atoms with Crippen LogP contribution < -0.4 is 10.6 Å². The number of amides is 1. The Labute approximate surface area is 235 Å². The number of thiocarbonyl (C=S) groups is 1. The van der Waals surface area contributed by atoms with Crippen LogP contribution in [0.15, 0.2) is 71.1 Å². The first-order valence-electron chi connectivity index (χ1n) is 10.3. The van der Waals surface area contributed by atoms with Crippen molar-refractivity contribution >= 4 is 96.9 Å². The third kappa shape index (κ3) is 5.09. The minimum atomic E-state index is -0.552. The van der Waals surface area contributed by atoms with Gasteiger partial charge in [-0.2, -0.15) is 0 Å². The molecule has 5 nitrogen and oxygen atoms in total. The van der Waals surface area contributed by atoms with Crippen molar-refractivity contribution in [2.24, 2.45) is 0 Å². The molecule has 0 aliphatic rings. The molecule has 0 radical (unpaired) electrons. The molecule has 0 saturated carbocycles. The molecule has 1 amide bonds. The molecule has 2 aromatic heterocycles. The second kappa shape index (κ2) is 10.4. The van der Waals surface area contributed by atoms with Crippen LogP contribution in [0.4, 0.5) is 5.69 Å². The lowest BCUT2D eigenvalue weighted by atomic mass is 10.2. The Morgan fingerprint density at radius 3 is 2.53 bits per heavy atom. The summed E-state index contributed by atoms with van der Waals surface area (Å²) in [6.45, 7) is 0. The topological polar surface area (TPSA) is 67.2 Å². The van der Waals surface area contributed by atoms with Crippen LogP contribution >= 0.6 is 70.0 Å². The van der Waals surface area contributed by atoms with Crippen molar-refractivity contribution in [3.63, 3.8) is 0 Å². The van der Waals surface area contributed by atoms with Gasteiger partial charge in [-0.1, -0.05) is 64.6 Å². The van der Waals surface area contributed by atoms with Gasteiger partial charge in [0.1, 0.15) is 10.8 Å². The van der Waals surface area contributed by atoms with Crippen LogP contribution in [0, 0.1) is 0 Å². The molecular weight excluding hydrogens is 580 g/mol. The first kappa shape index (κ1) is 25.0. The van der Waals surface area contributed by atoms with Crippen LogP contribution in [0.5, 0.6) is 0 Å². The Balaban J connectivity index is 1.38. The number of furan rings is 1. The fourth-order valence-corrected chi connectivity index (χ4v) is 5.58. The number of thiazole rings is 1. The first-order chi connectivity index (χ1) is 17.3. The van der Waals surface area contributed by atoms with Gasteiger partial charge in [0.25, 0.3) is 5.91 Å². The number of hydrogen-bond donors (Lipinski definition) is 2. The van der Waals surface area contributed by atoms with Crippen LogP contribution in [-0.2, 0) is 0 Å². The van der Waals surface area contributed by atoms with E-state index in [0.29, 0.717) is 47.7 Å². The van der Waals surface area contributed by atoms with Gasteiger partial charge in [-0.15, -0.1) is 11.3 Å². The number of aromatic nitrogens is 1. The molecule has 5 rings (SSSR count). The molecule has 0 spiro atoms. The highest BCUT2D eigenvalue weighted by molar-refractivity contribution is 7.80. The van der Waals surface area contributed by atoms with E-state index in [4.69, 9.17) is 63.0 Å². The zero-order valence-corrected chi connectivity index (χ0v) is 22.6. The number of carbonyl (C=O) groups excluding carboxylic acids is 1. The van der Waals surface area contributed by atoms with E-state index in [2.05, 4.69) is 15.6 Å². The first-order valence-corrected chi connectivity index (χ1v) is 13.1. The monoisotopic (exact) mass is 591 g/mol. The molecule has 0 fully saturated rings. The van der Waals surface area contributed by atoms with E-state index in [-0.39, 0.29) is 10.9 Å². The zero-order valence-electron chi connectivity index (χ0n) is 17.9. The quantitative estimate of drug-likeness (QED) is 0.204. The van der Waals surface area contributed by atoms with E-state index >= 15 is 0 Å². The second-order valence-electron chi connectivity index (χ2n) is 7.47. The fourth-order valence-electron chi connectivity index (χ4n) is 3.46. The summed E-state index contributed by atoms with van der Waals surface area (Å²) < 4.78 is 6.70. The average molecular weight is 593 g/mol. The van der Waals surface area contributed by atoms with Gasteiger partial charge in [-0.05, 0) is 60.7 Å². The number of nitrogens with zero attached hydrogens (tertiary/aromatic N) is 1. The van der Waals surface area contributed by atoms with E-state index < -0.39 is 5.91 Å². The molecule has 0 unspecified atom stereocenters. The highest BCUT2D eigenvalue weighted by atomic mass is 35.5. The third-order valence-electron chi connectivity index (χ3n) is 5.09. The van der Waals surface area contributed by atoms with Crippen molar-refractivity contribution in [3.05, 3.63) is 92.6 Å². The lowest BCUT2D eigenvalue weighted by molar-refractivity contribution is 0.0951. The van der Waals surface area contributed by atoms with E-state index in [1.165, 1.54) is 17.4 Å². The molecule has 0 saturated heterocycles. The number of fused-ring (bicyclic) bond motifs is 1. The molecule has 0 aliphatic carbocycles. The molecule has 0 aliphatic heterocycles. The van der Waals surface area contributed by atoms with Crippen LogP contribution in [0.2, 0.25) is 20.1 Å². The summed E-state index contributed by atoms with van der Waals surface area (Å²) in [6.07, 6.45) is 0. The molecule has 2 heterocycles. The largest absolute Gasteiger partial charge is 0.451 e. The highest BCUT2D eigenvalue weighted by Gasteiger charge is 2.19. The summed E-state index contributed by atoms with van der Waals surface area (Å²) in [4.78, 5) is 17.5. The number of rotatable bonds is 4. The standard InChI is InChI=1S/C25H13Cl4N3O2S2/c26-12-10-14(24-30-17-6-1-2-7-20(17)36-24)22(16(28)11-12)31-25(35)32-23(33)19-9-8-18(34-19)13-4-3-5-15(27)21(13)29/h1-11H,(H2,31,32,33,35). The number of anilines is 1. The summed E-state index contributed by atoms with van der Waals surface area (Å²) in [6, 6.07) is 19.4. The van der Waals surface area contributed by atoms with Gasteiger partial charge in [-0.25, -0.2) is 4.98 Å². The van der Waals surface area contributed by atoms with Gasteiger partial charge in [-0.3, -0.25) is 10.1 Å². The fraction of sp³-hybridized carbons (Fsp3) is 0. The molecule has 0 bridgehead atoms. The molecular formula is C25H13Cl4N3O2S2. The minimum absolute atomic E-state index is 0.0188. The SMILES string of the molecule is O=C(NC(=S)Nc1c(Cl)cc(Cl)cc1-c1nc2ccccc2s1)c1ccc(-c2cccc(Cl)c2Cl)o1. The second-order valence-corrected chi connectivity index (χ2v) is 10.5. The molecule has 36 heavy (non-hydrogen) atoms. The number of nitrogens with one attached hydrogen (secondary N) is 2. The predicted octanol–water partition coefficient (Wildman–Crippen LogP) is 8.96. The van der Waals surface area contributed by atoms with Crippen molar-refractivity contribution in [2.75, 3.05) is 5.32 Å². The summed E-state index contributed by atoms with van der Waals surface area (Å²) in [5, 5.41) is 7.80. The van der Waals surface area contributed by atoms with E-state index in [0.717, 1.165) is 10.2 Å². The van der Waals surface area contributed by atoms with Crippen molar-refractivity contribution in [1.29, 1.82) is 0 Å². The maximum Gasteiger partial charge on any atom is 0.293 e. The van der Waals surface area contributed by atoms with E-state index in [1.807, 2.05) is 24.3 Å². The highest BCUT2D eigenvalue weighted by Crippen LogP contribution is 2.40. The smallest absolute Gasteiger partial charge is 0.293 e. The van der Waals surface area contributed by atoms with Crippen LogP contribution in [0.3, 0.4) is 0 Å². The lowest BCUT2D eigenvalue weighted by Crippen LogP contribution is -2.34. The number of halogens is 4. The number of para-hydroxylation sites is 1. The molecule has 3 aromatic carbocycles. The minimum Gasteiger partial charge on any atom is -0.451 e. The van der Waals surface area contributed by atoms with Gasteiger partial charge in [0.2, 0.25) is 0 Å². The zero-order chi connectivity index (χ0) is 25.4. The molecule has 180 valence electrons. The average Bonchev–Trinajstić information content (AvgIpc) is 3.50. The van der Waals surface area contributed by atoms with Crippen LogP contribution in [-0.4, -0.2) is 16.0 Å². The predicted molar refractivity (Wildman–Crippen MR) is 153 cm³/mol. The molecule has 2 N–H and O–H groups in total. The normalized spacial score (nSPS) is 11.0. The van der Waals surface area contributed by atoms with Crippen LogP contribution in [0.1, 0.15) is 10.6 Å². The summed E-state index contributed by atoms with van der Waals surface area (Å²) in [7, 11) is 0. The van der Waals surface area contributed by atoms with Crippen molar-refractivity contribution in [2.45, 2.75) is 0 Å². The van der Waals surface area contributed by atoms with E-state index in [9.17, 15) is 4.79 Å². The van der Waals surface area contributed by atoms with Gasteiger partial charge < -0.3 is 9.73 Å². The Bertz CT molecular complexity index is 1610. The maximum absolute atomic E-state index is 12.8. The summed E-state index contributed by atoms with van der Waals surface area (Å²) >= 11 is 32.0. The third-order valence-corrected chi connectivity index (χ3v) is 7.70. The van der Waals surface area contributed by atoms with Gasteiger partial charge in [0, 0.05) is 16.1 Å². The number of carbonyl (C=O) groups is 1. The lowest BCUT2D eigenvalue weighted by Gasteiger charge is -2.14.